The maximum atomic E-state index is 6.35. The summed E-state index contributed by atoms with van der Waals surface area (Å²) < 4.78 is 6.61. The third kappa shape index (κ3) is 3.09. The minimum absolute atomic E-state index is 0.0969. The van der Waals surface area contributed by atoms with Crippen molar-refractivity contribution in [3.63, 3.8) is 0 Å². The third-order valence-electron chi connectivity index (χ3n) is 3.28. The van der Waals surface area contributed by atoms with Crippen molar-refractivity contribution in [3.8, 4) is 5.75 Å². The van der Waals surface area contributed by atoms with Gasteiger partial charge in [0.1, 0.15) is 5.75 Å². The van der Waals surface area contributed by atoms with Crippen LogP contribution in [0, 0.1) is 17.4 Å². The molecule has 0 amide bonds. The van der Waals surface area contributed by atoms with Crippen LogP contribution in [0.1, 0.15) is 28.3 Å². The molecule has 0 aliphatic heterocycles. The number of methoxy groups -OCH3 is 1. The Morgan fingerprint density at radius 3 is 2.00 bits per heavy atom. The Balaban J connectivity index is 2.39. The van der Waals surface area contributed by atoms with Crippen LogP contribution in [0.3, 0.4) is 0 Å². The van der Waals surface area contributed by atoms with Crippen molar-refractivity contribution >= 4 is 22.6 Å². The number of nitrogens with two attached hydrogens (primary N) is 1. The SMILES string of the molecule is COc1c(C)cc(C(N)c2ccc(I)cc2)cc1C. The van der Waals surface area contributed by atoms with Crippen LogP contribution in [0.2, 0.25) is 0 Å². The molecule has 0 spiro atoms. The predicted octanol–water partition coefficient (Wildman–Crippen LogP) is 3.96. The van der Waals surface area contributed by atoms with Crippen molar-refractivity contribution in [1.82, 2.24) is 0 Å². The van der Waals surface area contributed by atoms with E-state index in [-0.39, 0.29) is 6.04 Å². The molecule has 2 N–H and O–H groups in total. The molecule has 2 aromatic carbocycles. The Morgan fingerprint density at radius 1 is 1.00 bits per heavy atom. The molecule has 100 valence electrons. The molecule has 0 saturated heterocycles. The van der Waals surface area contributed by atoms with Crippen molar-refractivity contribution in [3.05, 3.63) is 62.2 Å². The molecule has 0 saturated carbocycles. The molecule has 3 heteroatoms. The van der Waals surface area contributed by atoms with Crippen LogP contribution in [0.15, 0.2) is 36.4 Å². The zero-order valence-corrected chi connectivity index (χ0v) is 13.6. The Morgan fingerprint density at radius 2 is 1.53 bits per heavy atom. The van der Waals surface area contributed by atoms with Gasteiger partial charge < -0.3 is 10.5 Å². The van der Waals surface area contributed by atoms with Crippen molar-refractivity contribution in [1.29, 1.82) is 0 Å². The largest absolute Gasteiger partial charge is 0.496 e. The highest BCUT2D eigenvalue weighted by atomic mass is 127. The lowest BCUT2D eigenvalue weighted by Crippen LogP contribution is -2.12. The highest BCUT2D eigenvalue weighted by molar-refractivity contribution is 14.1. The van der Waals surface area contributed by atoms with Gasteiger partial charge in [0.15, 0.2) is 0 Å². The standard InChI is InChI=1S/C16H18INO/c1-10-8-13(9-11(2)16(10)19-3)15(18)12-4-6-14(17)7-5-12/h4-9,15H,18H2,1-3H3. The minimum Gasteiger partial charge on any atom is -0.496 e. The topological polar surface area (TPSA) is 35.2 Å². The predicted molar refractivity (Wildman–Crippen MR) is 87.7 cm³/mol. The Labute approximate surface area is 128 Å². The number of hydrogen-bond donors (Lipinski definition) is 1. The quantitative estimate of drug-likeness (QED) is 0.834. The van der Waals surface area contributed by atoms with Crippen molar-refractivity contribution in [2.45, 2.75) is 19.9 Å². The Hall–Kier alpha value is -1.07. The number of ether oxygens (including phenoxy) is 1. The molecule has 0 aromatic heterocycles. The first-order valence-corrected chi connectivity index (χ1v) is 7.27. The van der Waals surface area contributed by atoms with E-state index in [1.807, 2.05) is 0 Å². The average Bonchev–Trinajstić information content (AvgIpc) is 2.38. The normalized spacial score (nSPS) is 12.3. The summed E-state index contributed by atoms with van der Waals surface area (Å²) in [7, 11) is 1.70. The van der Waals surface area contributed by atoms with Crippen molar-refractivity contribution in [2.24, 2.45) is 5.73 Å². The van der Waals surface area contributed by atoms with E-state index in [1.54, 1.807) is 7.11 Å². The van der Waals surface area contributed by atoms with Crippen LogP contribution in [0.5, 0.6) is 5.75 Å². The molecule has 19 heavy (non-hydrogen) atoms. The Kier molecular flexibility index (Phi) is 4.47. The van der Waals surface area contributed by atoms with E-state index < -0.39 is 0 Å². The lowest BCUT2D eigenvalue weighted by atomic mass is 9.96. The fourth-order valence-electron chi connectivity index (χ4n) is 2.35. The third-order valence-corrected chi connectivity index (χ3v) is 3.99. The van der Waals surface area contributed by atoms with Gasteiger partial charge in [0.25, 0.3) is 0 Å². The van der Waals surface area contributed by atoms with Gasteiger partial charge >= 0.3 is 0 Å². The molecule has 2 nitrogen and oxygen atoms in total. The molecule has 2 aromatic rings. The fraction of sp³-hybridized carbons (Fsp3) is 0.250. The summed E-state index contributed by atoms with van der Waals surface area (Å²) in [6, 6.07) is 12.4. The highest BCUT2D eigenvalue weighted by Crippen LogP contribution is 2.29. The minimum atomic E-state index is -0.0969. The van der Waals surface area contributed by atoms with Crippen LogP contribution < -0.4 is 10.5 Å². The maximum Gasteiger partial charge on any atom is 0.124 e. The zero-order chi connectivity index (χ0) is 14.0. The smallest absolute Gasteiger partial charge is 0.124 e. The molecule has 0 aliphatic carbocycles. The first-order valence-electron chi connectivity index (χ1n) is 6.19. The van der Waals surface area contributed by atoms with Gasteiger partial charge in [-0.1, -0.05) is 24.3 Å². The molecular weight excluding hydrogens is 349 g/mol. The Bertz CT molecular complexity index is 555. The van der Waals surface area contributed by atoms with E-state index >= 15 is 0 Å². The fourth-order valence-corrected chi connectivity index (χ4v) is 2.71. The number of hydrogen-bond acceptors (Lipinski definition) is 2. The maximum absolute atomic E-state index is 6.35. The summed E-state index contributed by atoms with van der Waals surface area (Å²) in [6.07, 6.45) is 0. The van der Waals surface area contributed by atoms with Crippen molar-refractivity contribution in [2.75, 3.05) is 7.11 Å². The molecule has 0 radical (unpaired) electrons. The second-order valence-electron chi connectivity index (χ2n) is 4.72. The summed E-state index contributed by atoms with van der Waals surface area (Å²) >= 11 is 2.30. The second-order valence-corrected chi connectivity index (χ2v) is 5.96. The van der Waals surface area contributed by atoms with Crippen LogP contribution in [0.25, 0.3) is 0 Å². The molecule has 2 rings (SSSR count). The summed E-state index contributed by atoms with van der Waals surface area (Å²) in [5.41, 5.74) is 10.9. The number of halogens is 1. The van der Waals surface area contributed by atoms with Gasteiger partial charge in [-0.15, -0.1) is 0 Å². The first kappa shape index (κ1) is 14.3. The van der Waals surface area contributed by atoms with E-state index in [0.717, 1.165) is 28.0 Å². The lowest BCUT2D eigenvalue weighted by molar-refractivity contribution is 0.408. The van der Waals surface area contributed by atoms with Gasteiger partial charge in [0, 0.05) is 3.57 Å². The molecule has 0 bridgehead atoms. The summed E-state index contributed by atoms with van der Waals surface area (Å²) in [5.74, 6) is 0.943. The summed E-state index contributed by atoms with van der Waals surface area (Å²) in [6.45, 7) is 4.10. The van der Waals surface area contributed by atoms with Gasteiger partial charge in [0.05, 0.1) is 13.2 Å². The van der Waals surface area contributed by atoms with E-state index in [1.165, 1.54) is 3.57 Å². The van der Waals surface area contributed by atoms with Gasteiger partial charge in [-0.05, 0) is 70.8 Å². The van der Waals surface area contributed by atoms with Crippen LogP contribution in [-0.4, -0.2) is 7.11 Å². The molecule has 0 aliphatic rings. The second kappa shape index (κ2) is 5.92. The van der Waals surface area contributed by atoms with E-state index in [2.05, 4.69) is 72.8 Å². The van der Waals surface area contributed by atoms with Crippen LogP contribution >= 0.6 is 22.6 Å². The first-order chi connectivity index (χ1) is 9.02. The van der Waals surface area contributed by atoms with Gasteiger partial charge in [-0.3, -0.25) is 0 Å². The van der Waals surface area contributed by atoms with E-state index in [4.69, 9.17) is 10.5 Å². The molecule has 0 fully saturated rings. The lowest BCUT2D eigenvalue weighted by Gasteiger charge is -2.17. The average molecular weight is 367 g/mol. The zero-order valence-electron chi connectivity index (χ0n) is 11.4. The molecule has 1 unspecified atom stereocenters. The monoisotopic (exact) mass is 367 g/mol. The van der Waals surface area contributed by atoms with Crippen molar-refractivity contribution < 1.29 is 4.74 Å². The molecule has 1 atom stereocenters. The van der Waals surface area contributed by atoms with Gasteiger partial charge in [-0.2, -0.15) is 0 Å². The summed E-state index contributed by atoms with van der Waals surface area (Å²) in [4.78, 5) is 0. The number of aryl methyl sites for hydroxylation is 2. The van der Waals surface area contributed by atoms with Crippen LogP contribution in [0.4, 0.5) is 0 Å². The highest BCUT2D eigenvalue weighted by Gasteiger charge is 2.12. The molecule has 0 heterocycles. The number of benzene rings is 2. The number of rotatable bonds is 3. The molecular formula is C16H18INO. The summed E-state index contributed by atoms with van der Waals surface area (Å²) in [5, 5.41) is 0. The van der Waals surface area contributed by atoms with E-state index in [0.29, 0.717) is 0 Å². The van der Waals surface area contributed by atoms with Crippen LogP contribution in [-0.2, 0) is 0 Å². The van der Waals surface area contributed by atoms with Gasteiger partial charge in [0.2, 0.25) is 0 Å². The van der Waals surface area contributed by atoms with E-state index in [9.17, 15) is 0 Å². The van der Waals surface area contributed by atoms with Gasteiger partial charge in [-0.25, -0.2) is 0 Å².